The van der Waals surface area contributed by atoms with Crippen LogP contribution in [0.5, 0.6) is 0 Å². The molecule has 0 saturated carbocycles. The summed E-state index contributed by atoms with van der Waals surface area (Å²) in [4.78, 5) is 13.4. The van der Waals surface area contributed by atoms with Gasteiger partial charge in [-0.1, -0.05) is 23.7 Å². The summed E-state index contributed by atoms with van der Waals surface area (Å²) in [6.07, 6.45) is 0. The van der Waals surface area contributed by atoms with Crippen molar-refractivity contribution < 1.29 is 9.90 Å². The van der Waals surface area contributed by atoms with Crippen LogP contribution in [0.15, 0.2) is 24.3 Å². The van der Waals surface area contributed by atoms with Gasteiger partial charge in [0.2, 0.25) is 5.91 Å². The molecule has 0 unspecified atom stereocenters. The van der Waals surface area contributed by atoms with Crippen LogP contribution >= 0.6 is 23.4 Å². The first-order valence-corrected chi connectivity index (χ1v) is 7.41. The number of benzene rings is 1. The van der Waals surface area contributed by atoms with Gasteiger partial charge < -0.3 is 10.0 Å². The zero-order valence-corrected chi connectivity index (χ0v) is 12.0. The highest BCUT2D eigenvalue weighted by Crippen LogP contribution is 2.16. The van der Waals surface area contributed by atoms with E-state index in [1.807, 2.05) is 31.2 Å². The molecule has 1 aromatic rings. The van der Waals surface area contributed by atoms with Crippen LogP contribution in [-0.2, 0) is 10.5 Å². The summed E-state index contributed by atoms with van der Waals surface area (Å²) in [6, 6.07) is 7.64. The minimum absolute atomic E-state index is 0.0124. The van der Waals surface area contributed by atoms with E-state index in [1.54, 1.807) is 16.7 Å². The number of amides is 1. The Bertz CT molecular complexity index is 387. The molecule has 0 radical (unpaired) electrons. The Kier molecular flexibility index (Phi) is 7.16. The van der Waals surface area contributed by atoms with Crippen LogP contribution in [0.3, 0.4) is 0 Å². The molecule has 0 spiro atoms. The van der Waals surface area contributed by atoms with Crippen molar-refractivity contribution in [2.45, 2.75) is 12.7 Å². The predicted octanol–water partition coefficient (Wildman–Crippen LogP) is 2.41. The minimum Gasteiger partial charge on any atom is -0.395 e. The average molecular weight is 288 g/mol. The lowest BCUT2D eigenvalue weighted by Crippen LogP contribution is -2.34. The van der Waals surface area contributed by atoms with Crippen molar-refractivity contribution in [2.24, 2.45) is 0 Å². The Labute approximate surface area is 117 Å². The van der Waals surface area contributed by atoms with E-state index in [4.69, 9.17) is 16.7 Å². The van der Waals surface area contributed by atoms with Crippen LogP contribution in [0, 0.1) is 0 Å². The molecule has 1 rings (SSSR count). The second-order valence-electron chi connectivity index (χ2n) is 3.82. The number of likely N-dealkylation sites (N-methyl/N-ethyl adjacent to an activating group) is 1. The normalized spacial score (nSPS) is 10.4. The summed E-state index contributed by atoms with van der Waals surface area (Å²) in [5, 5.41) is 9.55. The molecule has 100 valence electrons. The Morgan fingerprint density at radius 1 is 1.50 bits per heavy atom. The van der Waals surface area contributed by atoms with E-state index >= 15 is 0 Å². The number of hydrogen-bond donors (Lipinski definition) is 1. The van der Waals surface area contributed by atoms with Crippen molar-refractivity contribution in [2.75, 3.05) is 25.4 Å². The topological polar surface area (TPSA) is 40.5 Å². The molecule has 1 N–H and O–H groups in total. The molecule has 5 heteroatoms. The van der Waals surface area contributed by atoms with Gasteiger partial charge in [0.05, 0.1) is 12.4 Å². The average Bonchev–Trinajstić information content (AvgIpc) is 2.36. The Morgan fingerprint density at radius 2 is 2.28 bits per heavy atom. The van der Waals surface area contributed by atoms with Crippen LogP contribution in [0.1, 0.15) is 12.5 Å². The molecule has 18 heavy (non-hydrogen) atoms. The lowest BCUT2D eigenvalue weighted by molar-refractivity contribution is -0.128. The maximum atomic E-state index is 11.8. The number of carbonyl (C=O) groups is 1. The molecule has 0 aliphatic rings. The van der Waals surface area contributed by atoms with E-state index in [9.17, 15) is 4.79 Å². The molecule has 1 aromatic carbocycles. The molecule has 0 atom stereocenters. The zero-order valence-electron chi connectivity index (χ0n) is 10.4. The number of carbonyl (C=O) groups excluding carboxylic acids is 1. The molecule has 0 aliphatic heterocycles. The minimum atomic E-state index is 0.0124. The van der Waals surface area contributed by atoms with Gasteiger partial charge in [-0.15, -0.1) is 11.8 Å². The van der Waals surface area contributed by atoms with Crippen molar-refractivity contribution >= 4 is 29.3 Å². The molecular formula is C13H18ClNO2S. The summed E-state index contributed by atoms with van der Waals surface area (Å²) in [5.41, 5.74) is 1.12. The van der Waals surface area contributed by atoms with Crippen LogP contribution in [0.25, 0.3) is 0 Å². The number of nitrogens with zero attached hydrogens (tertiary/aromatic N) is 1. The van der Waals surface area contributed by atoms with Crippen molar-refractivity contribution in [3.8, 4) is 0 Å². The van der Waals surface area contributed by atoms with Gasteiger partial charge in [0.15, 0.2) is 0 Å². The van der Waals surface area contributed by atoms with Gasteiger partial charge in [0, 0.05) is 23.9 Å². The van der Waals surface area contributed by atoms with Gasteiger partial charge in [0.1, 0.15) is 0 Å². The first-order chi connectivity index (χ1) is 8.67. The zero-order chi connectivity index (χ0) is 13.4. The summed E-state index contributed by atoms with van der Waals surface area (Å²) >= 11 is 7.45. The molecular weight excluding hydrogens is 270 g/mol. The van der Waals surface area contributed by atoms with Gasteiger partial charge in [-0.3, -0.25) is 4.79 Å². The van der Waals surface area contributed by atoms with E-state index in [2.05, 4.69) is 0 Å². The maximum Gasteiger partial charge on any atom is 0.232 e. The largest absolute Gasteiger partial charge is 0.395 e. The first-order valence-electron chi connectivity index (χ1n) is 5.88. The van der Waals surface area contributed by atoms with Gasteiger partial charge in [0.25, 0.3) is 0 Å². The molecule has 0 heterocycles. The van der Waals surface area contributed by atoms with Gasteiger partial charge >= 0.3 is 0 Å². The van der Waals surface area contributed by atoms with Crippen LogP contribution < -0.4 is 0 Å². The fraction of sp³-hybridized carbons (Fsp3) is 0.462. The van der Waals surface area contributed by atoms with Crippen molar-refractivity contribution in [3.05, 3.63) is 34.9 Å². The van der Waals surface area contributed by atoms with Gasteiger partial charge in [-0.25, -0.2) is 0 Å². The molecule has 0 bridgehead atoms. The van der Waals surface area contributed by atoms with Crippen molar-refractivity contribution in [1.29, 1.82) is 0 Å². The van der Waals surface area contributed by atoms with E-state index in [1.165, 1.54) is 0 Å². The number of aliphatic hydroxyl groups is 1. The predicted molar refractivity (Wildman–Crippen MR) is 77.0 cm³/mol. The number of halogens is 1. The number of hydrogen-bond acceptors (Lipinski definition) is 3. The van der Waals surface area contributed by atoms with E-state index < -0.39 is 0 Å². The van der Waals surface area contributed by atoms with Crippen LogP contribution in [-0.4, -0.2) is 41.4 Å². The smallest absolute Gasteiger partial charge is 0.232 e. The summed E-state index contributed by atoms with van der Waals surface area (Å²) in [7, 11) is 0. The highest BCUT2D eigenvalue weighted by molar-refractivity contribution is 7.99. The Balaban J connectivity index is 2.35. The Hall–Kier alpha value is -0.710. The highest BCUT2D eigenvalue weighted by atomic mass is 35.5. The molecule has 0 saturated heterocycles. The lowest BCUT2D eigenvalue weighted by Gasteiger charge is -2.19. The van der Waals surface area contributed by atoms with E-state index in [0.717, 1.165) is 16.3 Å². The highest BCUT2D eigenvalue weighted by Gasteiger charge is 2.10. The third-order valence-electron chi connectivity index (χ3n) is 2.49. The third-order valence-corrected chi connectivity index (χ3v) is 3.71. The lowest BCUT2D eigenvalue weighted by atomic mass is 10.2. The second-order valence-corrected chi connectivity index (χ2v) is 5.24. The summed E-state index contributed by atoms with van der Waals surface area (Å²) in [6.45, 7) is 2.97. The maximum absolute atomic E-state index is 11.8. The van der Waals surface area contributed by atoms with Gasteiger partial charge in [-0.05, 0) is 24.6 Å². The monoisotopic (exact) mass is 287 g/mol. The van der Waals surface area contributed by atoms with E-state index in [0.29, 0.717) is 18.8 Å². The Morgan fingerprint density at radius 3 is 2.89 bits per heavy atom. The molecule has 0 fully saturated rings. The van der Waals surface area contributed by atoms with Crippen LogP contribution in [0.4, 0.5) is 0 Å². The van der Waals surface area contributed by atoms with Crippen molar-refractivity contribution in [1.82, 2.24) is 4.90 Å². The first kappa shape index (κ1) is 15.3. The fourth-order valence-electron chi connectivity index (χ4n) is 1.55. The fourth-order valence-corrected chi connectivity index (χ4v) is 2.64. The summed E-state index contributed by atoms with van der Waals surface area (Å²) in [5.74, 6) is 1.27. The quantitative estimate of drug-likeness (QED) is 0.837. The number of rotatable bonds is 7. The SMILES string of the molecule is CCN(CCO)C(=O)CSCc1cccc(Cl)c1. The second kappa shape index (κ2) is 8.40. The molecule has 3 nitrogen and oxygen atoms in total. The van der Waals surface area contributed by atoms with Gasteiger partial charge in [-0.2, -0.15) is 0 Å². The summed E-state index contributed by atoms with van der Waals surface area (Å²) < 4.78 is 0. The van der Waals surface area contributed by atoms with Crippen LogP contribution in [0.2, 0.25) is 5.02 Å². The van der Waals surface area contributed by atoms with Crippen molar-refractivity contribution in [3.63, 3.8) is 0 Å². The third kappa shape index (κ3) is 5.29. The molecule has 0 aliphatic carbocycles. The number of thioether (sulfide) groups is 1. The standard InChI is InChI=1S/C13H18ClNO2S/c1-2-15(6-7-16)13(17)10-18-9-11-4-3-5-12(14)8-11/h3-5,8,16H,2,6-7,9-10H2,1H3. The molecule has 1 amide bonds. The molecule has 0 aromatic heterocycles. The number of aliphatic hydroxyl groups excluding tert-OH is 1. The van der Waals surface area contributed by atoms with E-state index in [-0.39, 0.29) is 12.5 Å².